The number of benzene rings is 1. The van der Waals surface area contributed by atoms with E-state index in [1.54, 1.807) is 14.2 Å². The molecule has 0 amide bonds. The summed E-state index contributed by atoms with van der Waals surface area (Å²) in [5, 5.41) is 3.65. The molecule has 2 atom stereocenters. The number of guanidine groups is 1. The Morgan fingerprint density at radius 2 is 1.94 bits per heavy atom. The van der Waals surface area contributed by atoms with Crippen LogP contribution in [0.3, 0.4) is 0 Å². The largest absolute Gasteiger partial charge is 0.496 e. The molecule has 0 bridgehead atoms. The predicted octanol–water partition coefficient (Wildman–Crippen LogP) is 3.01. The third-order valence-electron chi connectivity index (χ3n) is 6.12. The maximum absolute atomic E-state index is 5.74. The first-order valence-corrected chi connectivity index (χ1v) is 11.2. The van der Waals surface area contributed by atoms with Crippen LogP contribution in [0, 0.1) is 5.92 Å². The van der Waals surface area contributed by atoms with Crippen LogP contribution in [0.4, 0.5) is 0 Å². The van der Waals surface area contributed by atoms with Gasteiger partial charge < -0.3 is 24.4 Å². The standard InChI is InChI=1S/C23H38N4O3.HI/c1-24-23(27-13-10-19(17-27)18-30-15-14-28-2)25-16-21(26-11-6-7-12-26)20-8-4-5-9-22(20)29-3;/h4-5,8-9,19,21H,6-7,10-18H2,1-3H3,(H,24,25);1H. The van der Waals surface area contributed by atoms with Crippen molar-refractivity contribution in [1.29, 1.82) is 0 Å². The molecule has 2 aliphatic rings. The molecule has 176 valence electrons. The second-order valence-electron chi connectivity index (χ2n) is 8.10. The normalized spacial score (nSPS) is 20.5. The lowest BCUT2D eigenvalue weighted by atomic mass is 10.0. The van der Waals surface area contributed by atoms with Crippen molar-refractivity contribution in [1.82, 2.24) is 15.1 Å². The van der Waals surface area contributed by atoms with Crippen molar-refractivity contribution in [3.8, 4) is 5.75 Å². The van der Waals surface area contributed by atoms with E-state index in [1.165, 1.54) is 18.4 Å². The summed E-state index contributed by atoms with van der Waals surface area (Å²) in [5.74, 6) is 2.48. The maximum atomic E-state index is 5.74. The number of hydrogen-bond donors (Lipinski definition) is 1. The van der Waals surface area contributed by atoms with Crippen LogP contribution in [0.2, 0.25) is 0 Å². The number of rotatable bonds is 10. The zero-order valence-corrected chi connectivity index (χ0v) is 21.5. The van der Waals surface area contributed by atoms with Crippen LogP contribution in [0.1, 0.15) is 30.9 Å². The maximum Gasteiger partial charge on any atom is 0.193 e. The minimum atomic E-state index is 0. The summed E-state index contributed by atoms with van der Waals surface area (Å²) < 4.78 is 16.5. The first-order valence-electron chi connectivity index (χ1n) is 11.2. The Hall–Kier alpha value is -1.10. The molecule has 0 aromatic heterocycles. The second-order valence-corrected chi connectivity index (χ2v) is 8.10. The molecular formula is C23H39IN4O3. The molecule has 31 heavy (non-hydrogen) atoms. The number of hydrogen-bond acceptors (Lipinski definition) is 5. The van der Waals surface area contributed by atoms with Crippen molar-refractivity contribution < 1.29 is 14.2 Å². The average molecular weight is 546 g/mol. The van der Waals surface area contributed by atoms with E-state index in [4.69, 9.17) is 14.2 Å². The van der Waals surface area contributed by atoms with Gasteiger partial charge >= 0.3 is 0 Å². The van der Waals surface area contributed by atoms with E-state index < -0.39 is 0 Å². The molecule has 1 aromatic carbocycles. The molecule has 0 aliphatic carbocycles. The highest BCUT2D eigenvalue weighted by Crippen LogP contribution is 2.31. The number of nitrogens with zero attached hydrogens (tertiary/aromatic N) is 3. The van der Waals surface area contributed by atoms with E-state index in [2.05, 4.69) is 38.3 Å². The number of nitrogens with one attached hydrogen (secondary N) is 1. The van der Waals surface area contributed by atoms with E-state index in [-0.39, 0.29) is 30.0 Å². The van der Waals surface area contributed by atoms with Gasteiger partial charge in [0.05, 0.1) is 33.0 Å². The molecule has 8 heteroatoms. The summed E-state index contributed by atoms with van der Waals surface area (Å²) in [4.78, 5) is 9.49. The van der Waals surface area contributed by atoms with E-state index in [0.717, 1.165) is 57.5 Å². The first-order chi connectivity index (χ1) is 14.8. The van der Waals surface area contributed by atoms with Crippen LogP contribution in [-0.4, -0.2) is 89.6 Å². The Bertz CT molecular complexity index is 670. The zero-order chi connectivity index (χ0) is 21.2. The van der Waals surface area contributed by atoms with Gasteiger partial charge in [0.2, 0.25) is 0 Å². The van der Waals surface area contributed by atoms with Crippen LogP contribution in [0.5, 0.6) is 5.75 Å². The van der Waals surface area contributed by atoms with Gasteiger partial charge in [-0.2, -0.15) is 0 Å². The molecule has 0 saturated carbocycles. The first kappa shape index (κ1) is 26.2. The summed E-state index contributed by atoms with van der Waals surface area (Å²) in [6.45, 7) is 7.18. The van der Waals surface area contributed by atoms with Crippen LogP contribution in [0.25, 0.3) is 0 Å². The Morgan fingerprint density at radius 3 is 2.65 bits per heavy atom. The summed E-state index contributed by atoms with van der Waals surface area (Å²) in [7, 11) is 5.33. The summed E-state index contributed by atoms with van der Waals surface area (Å²) in [6, 6.07) is 8.66. The second kappa shape index (κ2) is 14.1. The lowest BCUT2D eigenvalue weighted by Crippen LogP contribution is -2.44. The zero-order valence-electron chi connectivity index (χ0n) is 19.2. The SMILES string of the molecule is CN=C(NCC(c1ccccc1OC)N1CCCC1)N1CCC(COCCOC)C1.I. The summed E-state index contributed by atoms with van der Waals surface area (Å²) >= 11 is 0. The van der Waals surface area contributed by atoms with Crippen molar-refractivity contribution in [2.24, 2.45) is 10.9 Å². The number of ether oxygens (including phenoxy) is 3. The monoisotopic (exact) mass is 546 g/mol. The van der Waals surface area contributed by atoms with Gasteiger partial charge in [0.1, 0.15) is 5.75 Å². The van der Waals surface area contributed by atoms with Gasteiger partial charge in [-0.1, -0.05) is 18.2 Å². The minimum Gasteiger partial charge on any atom is -0.496 e. The number of para-hydroxylation sites is 1. The fourth-order valence-electron chi connectivity index (χ4n) is 4.50. The van der Waals surface area contributed by atoms with Crippen molar-refractivity contribution in [3.05, 3.63) is 29.8 Å². The number of aliphatic imine (C=N–C) groups is 1. The van der Waals surface area contributed by atoms with Gasteiger partial charge in [-0.05, 0) is 38.4 Å². The fraction of sp³-hybridized carbons (Fsp3) is 0.696. The van der Waals surface area contributed by atoms with Crippen LogP contribution < -0.4 is 10.1 Å². The Morgan fingerprint density at radius 1 is 1.16 bits per heavy atom. The summed E-state index contributed by atoms with van der Waals surface area (Å²) in [5.41, 5.74) is 1.25. The van der Waals surface area contributed by atoms with Crippen molar-refractivity contribution in [3.63, 3.8) is 0 Å². The quantitative estimate of drug-likeness (QED) is 0.211. The van der Waals surface area contributed by atoms with E-state index in [9.17, 15) is 0 Å². The van der Waals surface area contributed by atoms with Gasteiger partial charge in [0.15, 0.2) is 5.96 Å². The Labute approximate surface area is 204 Å². The molecule has 2 unspecified atom stereocenters. The lowest BCUT2D eigenvalue weighted by Gasteiger charge is -2.31. The smallest absolute Gasteiger partial charge is 0.193 e. The highest BCUT2D eigenvalue weighted by atomic mass is 127. The van der Waals surface area contributed by atoms with Crippen molar-refractivity contribution in [2.45, 2.75) is 25.3 Å². The predicted molar refractivity (Wildman–Crippen MR) is 136 cm³/mol. The van der Waals surface area contributed by atoms with Crippen LogP contribution in [-0.2, 0) is 9.47 Å². The molecule has 7 nitrogen and oxygen atoms in total. The highest BCUT2D eigenvalue weighted by molar-refractivity contribution is 14.0. The van der Waals surface area contributed by atoms with Gasteiger partial charge in [0.25, 0.3) is 0 Å². The van der Waals surface area contributed by atoms with Gasteiger partial charge in [0, 0.05) is 45.3 Å². The van der Waals surface area contributed by atoms with Gasteiger partial charge in [-0.3, -0.25) is 9.89 Å². The number of likely N-dealkylation sites (tertiary alicyclic amines) is 2. The van der Waals surface area contributed by atoms with Gasteiger partial charge in [-0.25, -0.2) is 0 Å². The lowest BCUT2D eigenvalue weighted by molar-refractivity contribution is 0.0536. The molecule has 1 aromatic rings. The van der Waals surface area contributed by atoms with E-state index in [0.29, 0.717) is 19.1 Å². The van der Waals surface area contributed by atoms with Gasteiger partial charge in [-0.15, -0.1) is 24.0 Å². The molecule has 0 radical (unpaired) electrons. The molecule has 1 N–H and O–H groups in total. The Kier molecular flexibility index (Phi) is 11.9. The number of methoxy groups -OCH3 is 2. The molecule has 2 fully saturated rings. The number of halogens is 1. The fourth-order valence-corrected chi connectivity index (χ4v) is 4.50. The van der Waals surface area contributed by atoms with Crippen LogP contribution in [0.15, 0.2) is 29.3 Å². The van der Waals surface area contributed by atoms with E-state index in [1.807, 2.05) is 13.1 Å². The molecule has 3 rings (SSSR count). The van der Waals surface area contributed by atoms with Crippen LogP contribution >= 0.6 is 24.0 Å². The van der Waals surface area contributed by atoms with Crippen molar-refractivity contribution >= 4 is 29.9 Å². The summed E-state index contributed by atoms with van der Waals surface area (Å²) in [6.07, 6.45) is 3.66. The third-order valence-corrected chi connectivity index (χ3v) is 6.12. The molecule has 2 aliphatic heterocycles. The third kappa shape index (κ3) is 7.47. The molecule has 2 saturated heterocycles. The molecule has 2 heterocycles. The minimum absolute atomic E-state index is 0. The van der Waals surface area contributed by atoms with Crippen molar-refractivity contribution in [2.75, 3.05) is 73.8 Å². The average Bonchev–Trinajstić information content (AvgIpc) is 3.47. The molecule has 0 spiro atoms. The highest BCUT2D eigenvalue weighted by Gasteiger charge is 2.28. The molecular weight excluding hydrogens is 507 g/mol. The van der Waals surface area contributed by atoms with E-state index >= 15 is 0 Å². The Balaban J connectivity index is 0.00000341. The topological polar surface area (TPSA) is 58.6 Å².